The molecule has 20 heavy (non-hydrogen) atoms. The Kier molecular flexibility index (Phi) is 5.25. The summed E-state index contributed by atoms with van der Waals surface area (Å²) in [5.74, 6) is 2.45. The molecule has 1 N–H and O–H groups in total. The fourth-order valence-corrected chi connectivity index (χ4v) is 4.02. The average Bonchev–Trinajstić information content (AvgIpc) is 2.68. The first-order valence-corrected chi connectivity index (χ1v) is 8.25. The van der Waals surface area contributed by atoms with Gasteiger partial charge in [0.2, 0.25) is 0 Å². The molecule has 0 bridgehead atoms. The SMILES string of the molecule is CCCNC(c1cc(C)nn1C)C1CC(C)CC(C)C1. The molecule has 3 unspecified atom stereocenters. The number of nitrogens with one attached hydrogen (secondary N) is 1. The molecule has 1 heterocycles. The number of hydrogen-bond donors (Lipinski definition) is 1. The van der Waals surface area contributed by atoms with Gasteiger partial charge in [-0.05, 0) is 63.0 Å². The maximum atomic E-state index is 4.55. The number of rotatable bonds is 5. The van der Waals surface area contributed by atoms with E-state index in [-0.39, 0.29) is 0 Å². The van der Waals surface area contributed by atoms with Gasteiger partial charge in [0.25, 0.3) is 0 Å². The summed E-state index contributed by atoms with van der Waals surface area (Å²) in [4.78, 5) is 0. The summed E-state index contributed by atoms with van der Waals surface area (Å²) in [5.41, 5.74) is 2.49. The molecule has 0 aliphatic heterocycles. The van der Waals surface area contributed by atoms with Crippen LogP contribution in [0.3, 0.4) is 0 Å². The molecule has 1 aliphatic carbocycles. The van der Waals surface area contributed by atoms with E-state index in [4.69, 9.17) is 0 Å². The highest BCUT2D eigenvalue weighted by atomic mass is 15.3. The molecule has 1 aliphatic rings. The summed E-state index contributed by atoms with van der Waals surface area (Å²) >= 11 is 0. The fourth-order valence-electron chi connectivity index (χ4n) is 4.02. The number of nitrogens with zero attached hydrogens (tertiary/aromatic N) is 2. The van der Waals surface area contributed by atoms with Gasteiger partial charge in [-0.15, -0.1) is 0 Å². The van der Waals surface area contributed by atoms with Gasteiger partial charge in [-0.3, -0.25) is 4.68 Å². The Morgan fingerprint density at radius 1 is 1.30 bits per heavy atom. The first kappa shape index (κ1) is 15.6. The normalized spacial score (nSPS) is 28.6. The summed E-state index contributed by atoms with van der Waals surface area (Å²) in [7, 11) is 2.08. The topological polar surface area (TPSA) is 29.9 Å². The number of hydrogen-bond acceptors (Lipinski definition) is 2. The predicted octanol–water partition coefficient (Wildman–Crippen LogP) is 3.84. The van der Waals surface area contributed by atoms with Crippen molar-refractivity contribution >= 4 is 0 Å². The molecular weight excluding hydrogens is 246 g/mol. The van der Waals surface area contributed by atoms with Gasteiger partial charge in [-0.2, -0.15) is 5.10 Å². The molecule has 0 spiro atoms. The molecule has 0 aromatic carbocycles. The largest absolute Gasteiger partial charge is 0.308 e. The minimum Gasteiger partial charge on any atom is -0.308 e. The van der Waals surface area contributed by atoms with E-state index < -0.39 is 0 Å². The zero-order valence-electron chi connectivity index (χ0n) is 13.8. The molecule has 3 nitrogen and oxygen atoms in total. The van der Waals surface area contributed by atoms with Crippen LogP contribution in [-0.4, -0.2) is 16.3 Å². The molecule has 3 heteroatoms. The van der Waals surface area contributed by atoms with Gasteiger partial charge < -0.3 is 5.32 Å². The number of aryl methyl sites for hydroxylation is 2. The molecule has 114 valence electrons. The zero-order chi connectivity index (χ0) is 14.7. The minimum absolute atomic E-state index is 0.464. The highest BCUT2D eigenvalue weighted by Gasteiger charge is 2.32. The maximum Gasteiger partial charge on any atom is 0.0597 e. The highest BCUT2D eigenvalue weighted by Crippen LogP contribution is 2.39. The number of aromatic nitrogens is 2. The van der Waals surface area contributed by atoms with Gasteiger partial charge in [-0.25, -0.2) is 0 Å². The van der Waals surface area contributed by atoms with Crippen LogP contribution in [0.5, 0.6) is 0 Å². The van der Waals surface area contributed by atoms with E-state index in [1.54, 1.807) is 0 Å². The van der Waals surface area contributed by atoms with Crippen molar-refractivity contribution in [1.29, 1.82) is 0 Å². The van der Waals surface area contributed by atoms with Gasteiger partial charge in [-0.1, -0.05) is 20.8 Å². The third kappa shape index (κ3) is 3.63. The quantitative estimate of drug-likeness (QED) is 0.886. The second-order valence-electron chi connectivity index (χ2n) is 6.94. The van der Waals surface area contributed by atoms with Crippen molar-refractivity contribution in [2.75, 3.05) is 6.54 Å². The third-order valence-corrected chi connectivity index (χ3v) is 4.66. The minimum atomic E-state index is 0.464. The predicted molar refractivity (Wildman–Crippen MR) is 84.6 cm³/mol. The van der Waals surface area contributed by atoms with Crippen molar-refractivity contribution in [2.45, 2.75) is 59.4 Å². The monoisotopic (exact) mass is 277 g/mol. The van der Waals surface area contributed by atoms with E-state index in [2.05, 4.69) is 55.9 Å². The molecule has 1 fully saturated rings. The van der Waals surface area contributed by atoms with Crippen LogP contribution < -0.4 is 5.32 Å². The van der Waals surface area contributed by atoms with Crippen LogP contribution in [0.4, 0.5) is 0 Å². The Hall–Kier alpha value is -0.830. The third-order valence-electron chi connectivity index (χ3n) is 4.66. The first-order chi connectivity index (χ1) is 9.51. The van der Waals surface area contributed by atoms with Gasteiger partial charge in [0.1, 0.15) is 0 Å². The van der Waals surface area contributed by atoms with E-state index >= 15 is 0 Å². The molecular formula is C17H31N3. The van der Waals surface area contributed by atoms with Crippen LogP contribution in [-0.2, 0) is 7.05 Å². The standard InChI is InChI=1S/C17H31N3/c1-6-7-18-17(16-11-14(4)19-20(16)5)15-9-12(2)8-13(3)10-15/h11-13,15,17-18H,6-10H2,1-5H3. The molecule has 0 amide bonds. The summed E-state index contributed by atoms with van der Waals surface area (Å²) in [6, 6.07) is 2.73. The molecule has 2 rings (SSSR count). The van der Waals surface area contributed by atoms with Crippen molar-refractivity contribution in [1.82, 2.24) is 15.1 Å². The lowest BCUT2D eigenvalue weighted by molar-refractivity contribution is 0.172. The van der Waals surface area contributed by atoms with Gasteiger partial charge >= 0.3 is 0 Å². The Labute approximate surface area is 124 Å². The Morgan fingerprint density at radius 3 is 2.45 bits per heavy atom. The molecule has 1 saturated carbocycles. The lowest BCUT2D eigenvalue weighted by Crippen LogP contribution is -2.34. The van der Waals surface area contributed by atoms with Crippen LogP contribution in [0, 0.1) is 24.7 Å². The summed E-state index contributed by atoms with van der Waals surface area (Å²) < 4.78 is 2.08. The van der Waals surface area contributed by atoms with Crippen LogP contribution in [0.1, 0.15) is 63.9 Å². The van der Waals surface area contributed by atoms with Crippen LogP contribution in [0.15, 0.2) is 6.07 Å². The Morgan fingerprint density at radius 2 is 1.95 bits per heavy atom. The molecule has 1 aromatic rings. The Balaban J connectivity index is 2.20. The van der Waals surface area contributed by atoms with Crippen molar-refractivity contribution in [2.24, 2.45) is 24.8 Å². The van der Waals surface area contributed by atoms with Gasteiger partial charge in [0.15, 0.2) is 0 Å². The van der Waals surface area contributed by atoms with Gasteiger partial charge in [0.05, 0.1) is 17.4 Å². The van der Waals surface area contributed by atoms with E-state index in [0.29, 0.717) is 6.04 Å². The molecule has 0 saturated heterocycles. The zero-order valence-corrected chi connectivity index (χ0v) is 13.8. The fraction of sp³-hybridized carbons (Fsp3) is 0.824. The summed E-state index contributed by atoms with van der Waals surface area (Å²) in [6.07, 6.45) is 5.26. The summed E-state index contributed by atoms with van der Waals surface area (Å²) in [5, 5.41) is 8.34. The maximum absolute atomic E-state index is 4.55. The lowest BCUT2D eigenvalue weighted by atomic mass is 9.73. The van der Waals surface area contributed by atoms with Crippen molar-refractivity contribution < 1.29 is 0 Å². The Bertz CT molecular complexity index is 414. The van der Waals surface area contributed by atoms with E-state index in [1.165, 1.54) is 31.4 Å². The van der Waals surface area contributed by atoms with E-state index in [1.807, 2.05) is 0 Å². The van der Waals surface area contributed by atoms with Crippen molar-refractivity contribution in [3.8, 4) is 0 Å². The first-order valence-electron chi connectivity index (χ1n) is 8.25. The van der Waals surface area contributed by atoms with Crippen LogP contribution in [0.2, 0.25) is 0 Å². The average molecular weight is 277 g/mol. The van der Waals surface area contributed by atoms with E-state index in [0.717, 1.165) is 30.0 Å². The summed E-state index contributed by atoms with van der Waals surface area (Å²) in [6.45, 7) is 10.2. The smallest absolute Gasteiger partial charge is 0.0597 e. The lowest BCUT2D eigenvalue weighted by Gasteiger charge is -2.37. The second-order valence-corrected chi connectivity index (χ2v) is 6.94. The van der Waals surface area contributed by atoms with Crippen LogP contribution in [0.25, 0.3) is 0 Å². The highest BCUT2D eigenvalue weighted by molar-refractivity contribution is 5.14. The van der Waals surface area contributed by atoms with Gasteiger partial charge in [0, 0.05) is 7.05 Å². The van der Waals surface area contributed by atoms with Crippen molar-refractivity contribution in [3.05, 3.63) is 17.5 Å². The van der Waals surface area contributed by atoms with Crippen molar-refractivity contribution in [3.63, 3.8) is 0 Å². The van der Waals surface area contributed by atoms with Crippen LogP contribution >= 0.6 is 0 Å². The van der Waals surface area contributed by atoms with E-state index in [9.17, 15) is 0 Å². The second kappa shape index (κ2) is 6.75. The molecule has 3 atom stereocenters. The molecule has 0 radical (unpaired) electrons. The molecule has 1 aromatic heterocycles.